The Morgan fingerprint density at radius 3 is 2.68 bits per heavy atom. The van der Waals surface area contributed by atoms with E-state index in [-0.39, 0.29) is 0 Å². The normalized spacial score (nSPS) is 10.2. The fourth-order valence-electron chi connectivity index (χ4n) is 1.76. The molecular weight excluding hydrogens is 240 g/mol. The van der Waals surface area contributed by atoms with Gasteiger partial charge in [-0.05, 0) is 24.3 Å². The molecule has 1 aromatic carbocycles. The second-order valence-electron chi connectivity index (χ2n) is 4.00. The van der Waals surface area contributed by atoms with E-state index < -0.39 is 0 Å². The van der Waals surface area contributed by atoms with Crippen LogP contribution in [0.5, 0.6) is 5.75 Å². The molecule has 0 radical (unpaired) electrons. The smallest absolute Gasteiger partial charge is 0.128 e. The molecule has 0 fully saturated rings. The Kier molecular flexibility index (Phi) is 4.75. The summed E-state index contributed by atoms with van der Waals surface area (Å²) in [4.78, 5) is 4.53. The number of anilines is 1. The lowest BCUT2D eigenvalue weighted by Crippen LogP contribution is -2.05. The van der Waals surface area contributed by atoms with Crippen molar-refractivity contribution in [3.8, 4) is 17.0 Å². The molecule has 0 atom stereocenters. The van der Waals surface area contributed by atoms with Crippen LogP contribution in [0.25, 0.3) is 11.3 Å². The van der Waals surface area contributed by atoms with Gasteiger partial charge in [0.2, 0.25) is 0 Å². The molecule has 0 aliphatic heterocycles. The number of para-hydroxylation sites is 1. The molecule has 0 aliphatic rings. The van der Waals surface area contributed by atoms with Gasteiger partial charge < -0.3 is 14.8 Å². The molecule has 0 bridgehead atoms. The summed E-state index contributed by atoms with van der Waals surface area (Å²) < 4.78 is 10.7. The van der Waals surface area contributed by atoms with Gasteiger partial charge >= 0.3 is 0 Å². The van der Waals surface area contributed by atoms with Crippen LogP contribution in [-0.2, 0) is 4.74 Å². The van der Waals surface area contributed by atoms with Crippen LogP contribution in [0.4, 0.5) is 5.82 Å². The van der Waals surface area contributed by atoms with E-state index in [1.54, 1.807) is 7.11 Å². The maximum Gasteiger partial charge on any atom is 0.128 e. The molecule has 4 nitrogen and oxygen atoms in total. The lowest BCUT2D eigenvalue weighted by Gasteiger charge is -2.11. The van der Waals surface area contributed by atoms with Gasteiger partial charge in [0.25, 0.3) is 0 Å². The number of methoxy groups -OCH3 is 1. The van der Waals surface area contributed by atoms with Crippen LogP contribution in [0, 0.1) is 0 Å². The van der Waals surface area contributed by atoms with Crippen molar-refractivity contribution < 1.29 is 9.47 Å². The van der Waals surface area contributed by atoms with Gasteiger partial charge in [-0.3, -0.25) is 0 Å². The first-order chi connectivity index (χ1) is 9.35. The van der Waals surface area contributed by atoms with Gasteiger partial charge in [0, 0.05) is 19.7 Å². The van der Waals surface area contributed by atoms with Gasteiger partial charge in [0.05, 0.1) is 12.3 Å². The van der Waals surface area contributed by atoms with E-state index in [0.29, 0.717) is 13.2 Å². The van der Waals surface area contributed by atoms with E-state index in [2.05, 4.69) is 10.3 Å². The lowest BCUT2D eigenvalue weighted by molar-refractivity contribution is 0.146. The highest BCUT2D eigenvalue weighted by Gasteiger charge is 2.07. The minimum Gasteiger partial charge on any atom is -0.490 e. The average Bonchev–Trinajstić information content (AvgIpc) is 2.48. The molecule has 0 saturated heterocycles. The molecule has 0 amide bonds. The van der Waals surface area contributed by atoms with Crippen molar-refractivity contribution in [1.82, 2.24) is 4.98 Å². The Balaban J connectivity index is 2.27. The Bertz CT molecular complexity index is 529. The number of ether oxygens (including phenoxy) is 2. The Hall–Kier alpha value is -2.07. The first-order valence-corrected chi connectivity index (χ1v) is 6.21. The third-order valence-electron chi connectivity index (χ3n) is 2.71. The first kappa shape index (κ1) is 13.4. The Morgan fingerprint density at radius 2 is 1.89 bits per heavy atom. The zero-order valence-electron chi connectivity index (χ0n) is 11.2. The minimum absolute atomic E-state index is 0.527. The zero-order chi connectivity index (χ0) is 13.5. The van der Waals surface area contributed by atoms with Crippen LogP contribution in [0.1, 0.15) is 0 Å². The molecule has 19 heavy (non-hydrogen) atoms. The summed E-state index contributed by atoms with van der Waals surface area (Å²) in [6, 6.07) is 13.7. The predicted octanol–water partition coefficient (Wildman–Crippen LogP) is 2.82. The predicted molar refractivity (Wildman–Crippen MR) is 76.6 cm³/mol. The topological polar surface area (TPSA) is 43.4 Å². The number of aromatic nitrogens is 1. The van der Waals surface area contributed by atoms with Gasteiger partial charge in [-0.15, -0.1) is 0 Å². The molecule has 1 heterocycles. The standard InChI is InChI=1S/C15H18N2O2/c1-16-15-9-5-7-13(17-15)12-6-3-4-8-14(12)19-11-10-18-2/h3-9H,10-11H2,1-2H3,(H,16,17). The number of rotatable bonds is 6. The summed E-state index contributed by atoms with van der Waals surface area (Å²) in [6.45, 7) is 1.09. The third kappa shape index (κ3) is 3.45. The number of benzene rings is 1. The Morgan fingerprint density at radius 1 is 1.05 bits per heavy atom. The van der Waals surface area contributed by atoms with E-state index in [1.165, 1.54) is 0 Å². The molecule has 2 aromatic rings. The van der Waals surface area contributed by atoms with Crippen LogP contribution in [-0.4, -0.2) is 32.4 Å². The van der Waals surface area contributed by atoms with E-state index in [0.717, 1.165) is 22.8 Å². The molecule has 0 spiro atoms. The lowest BCUT2D eigenvalue weighted by atomic mass is 10.1. The highest BCUT2D eigenvalue weighted by atomic mass is 16.5. The summed E-state index contributed by atoms with van der Waals surface area (Å²) >= 11 is 0. The van der Waals surface area contributed by atoms with Gasteiger partial charge in [-0.1, -0.05) is 18.2 Å². The van der Waals surface area contributed by atoms with Gasteiger partial charge in [0.15, 0.2) is 0 Å². The van der Waals surface area contributed by atoms with Gasteiger partial charge in [-0.25, -0.2) is 4.98 Å². The number of nitrogens with one attached hydrogen (secondary N) is 1. The van der Waals surface area contributed by atoms with Crippen molar-refractivity contribution in [3.05, 3.63) is 42.5 Å². The van der Waals surface area contributed by atoms with Crippen molar-refractivity contribution in [3.63, 3.8) is 0 Å². The molecule has 2 rings (SSSR count). The monoisotopic (exact) mass is 258 g/mol. The Labute approximate surface area is 113 Å². The molecule has 0 saturated carbocycles. The van der Waals surface area contributed by atoms with Crippen LogP contribution < -0.4 is 10.1 Å². The maximum absolute atomic E-state index is 5.72. The molecule has 1 aromatic heterocycles. The van der Waals surface area contributed by atoms with Crippen molar-refractivity contribution in [2.75, 3.05) is 32.7 Å². The van der Waals surface area contributed by atoms with Gasteiger partial charge in [0.1, 0.15) is 18.2 Å². The zero-order valence-corrected chi connectivity index (χ0v) is 11.2. The van der Waals surface area contributed by atoms with E-state index >= 15 is 0 Å². The molecule has 4 heteroatoms. The van der Waals surface area contributed by atoms with Crippen LogP contribution in [0.2, 0.25) is 0 Å². The van der Waals surface area contributed by atoms with E-state index in [9.17, 15) is 0 Å². The average molecular weight is 258 g/mol. The second kappa shape index (κ2) is 6.75. The van der Waals surface area contributed by atoms with E-state index in [1.807, 2.05) is 49.5 Å². The number of nitrogens with zero attached hydrogens (tertiary/aromatic N) is 1. The molecule has 100 valence electrons. The van der Waals surface area contributed by atoms with Crippen LogP contribution in [0.15, 0.2) is 42.5 Å². The number of pyridine rings is 1. The second-order valence-corrected chi connectivity index (χ2v) is 4.00. The fourth-order valence-corrected chi connectivity index (χ4v) is 1.76. The summed E-state index contributed by atoms with van der Waals surface area (Å²) in [7, 11) is 3.51. The summed E-state index contributed by atoms with van der Waals surface area (Å²) in [6.07, 6.45) is 0. The summed E-state index contributed by atoms with van der Waals surface area (Å²) in [5, 5.41) is 3.04. The van der Waals surface area contributed by atoms with Crippen LogP contribution >= 0.6 is 0 Å². The number of hydrogen-bond donors (Lipinski definition) is 1. The summed E-state index contributed by atoms with van der Waals surface area (Å²) in [5.74, 6) is 1.66. The molecule has 0 unspecified atom stereocenters. The van der Waals surface area contributed by atoms with Gasteiger partial charge in [-0.2, -0.15) is 0 Å². The first-order valence-electron chi connectivity index (χ1n) is 6.21. The fraction of sp³-hybridized carbons (Fsp3) is 0.267. The van der Waals surface area contributed by atoms with Crippen molar-refractivity contribution in [1.29, 1.82) is 0 Å². The minimum atomic E-state index is 0.527. The highest BCUT2D eigenvalue weighted by molar-refractivity contribution is 5.68. The number of hydrogen-bond acceptors (Lipinski definition) is 4. The maximum atomic E-state index is 5.72. The SMILES string of the molecule is CNc1cccc(-c2ccccc2OCCOC)n1. The molecule has 0 aliphatic carbocycles. The van der Waals surface area contributed by atoms with Crippen molar-refractivity contribution in [2.45, 2.75) is 0 Å². The highest BCUT2D eigenvalue weighted by Crippen LogP contribution is 2.28. The third-order valence-corrected chi connectivity index (χ3v) is 2.71. The van der Waals surface area contributed by atoms with E-state index in [4.69, 9.17) is 9.47 Å². The van der Waals surface area contributed by atoms with Crippen LogP contribution in [0.3, 0.4) is 0 Å². The van der Waals surface area contributed by atoms with Crippen molar-refractivity contribution in [2.24, 2.45) is 0 Å². The quantitative estimate of drug-likeness (QED) is 0.809. The molecule has 1 N–H and O–H groups in total. The largest absolute Gasteiger partial charge is 0.490 e. The molecular formula is C15H18N2O2. The van der Waals surface area contributed by atoms with Crippen molar-refractivity contribution >= 4 is 5.82 Å². The summed E-state index contributed by atoms with van der Waals surface area (Å²) in [5.41, 5.74) is 1.87.